The number of rotatable bonds is 2. The molecule has 0 aliphatic heterocycles. The predicted octanol–water partition coefficient (Wildman–Crippen LogP) is 2.79. The average Bonchev–Trinajstić information content (AvgIpc) is 2.65. The van der Waals surface area contributed by atoms with Crippen LogP contribution in [-0.2, 0) is 14.7 Å². The van der Waals surface area contributed by atoms with Crippen LogP contribution in [0.25, 0.3) is 11.0 Å². The molecule has 0 radical (unpaired) electrons. The zero-order valence-electron chi connectivity index (χ0n) is 9.15. The van der Waals surface area contributed by atoms with E-state index in [1.807, 2.05) is 0 Å². The Kier molecular flexibility index (Phi) is 3.22. The topological polar surface area (TPSA) is 56.5 Å². The molecular weight excluding hydrogens is 264 g/mol. The molecule has 0 aliphatic rings. The third-order valence-corrected chi connectivity index (χ3v) is 3.62. The first kappa shape index (κ1) is 12.1. The Labute approximate surface area is 104 Å². The van der Waals surface area contributed by atoms with Crippen LogP contribution in [0.3, 0.4) is 0 Å². The first-order valence-electron chi connectivity index (χ1n) is 4.74. The van der Waals surface area contributed by atoms with Gasteiger partial charge in [0.2, 0.25) is 5.76 Å². The third kappa shape index (κ3) is 2.08. The summed E-state index contributed by atoms with van der Waals surface area (Å²) in [5.74, 6) is -0.382. The first-order valence-corrected chi connectivity index (χ1v) is 6.71. The highest BCUT2D eigenvalue weighted by atomic mass is 35.7. The van der Waals surface area contributed by atoms with Gasteiger partial charge in [-0.2, -0.15) is 0 Å². The molecule has 0 saturated carbocycles. The lowest BCUT2D eigenvalue weighted by molar-refractivity contribution is 0.0566. The standard InChI is InChI=1S/C11H9ClO4S/c1-6-8-5-7(17(12)14)3-4-9(8)16-10(6)11(13)15-2/h3-5H,1-2H3. The van der Waals surface area contributed by atoms with E-state index in [-0.39, 0.29) is 5.76 Å². The van der Waals surface area contributed by atoms with Gasteiger partial charge in [0, 0.05) is 10.9 Å². The molecule has 4 nitrogen and oxygen atoms in total. The van der Waals surface area contributed by atoms with Gasteiger partial charge in [-0.25, -0.2) is 9.00 Å². The minimum absolute atomic E-state index is 0.153. The summed E-state index contributed by atoms with van der Waals surface area (Å²) in [7, 11) is 5.21. The number of esters is 1. The Morgan fingerprint density at radius 1 is 1.47 bits per heavy atom. The van der Waals surface area contributed by atoms with Crippen LogP contribution in [0.2, 0.25) is 0 Å². The summed E-state index contributed by atoms with van der Waals surface area (Å²) in [6.45, 7) is 1.74. The van der Waals surface area contributed by atoms with Crippen molar-refractivity contribution in [2.75, 3.05) is 7.11 Å². The first-order chi connectivity index (χ1) is 8.04. The molecule has 1 aromatic heterocycles. The predicted molar refractivity (Wildman–Crippen MR) is 64.6 cm³/mol. The molecule has 6 heteroatoms. The summed E-state index contributed by atoms with van der Waals surface area (Å²) in [5, 5.41) is 0.705. The fraction of sp³-hybridized carbons (Fsp3) is 0.182. The highest BCUT2D eigenvalue weighted by Gasteiger charge is 2.18. The number of hydrogen-bond donors (Lipinski definition) is 0. The van der Waals surface area contributed by atoms with E-state index in [1.165, 1.54) is 7.11 Å². The second-order valence-electron chi connectivity index (χ2n) is 3.43. The van der Waals surface area contributed by atoms with Gasteiger partial charge < -0.3 is 9.15 Å². The number of methoxy groups -OCH3 is 1. The molecule has 0 bridgehead atoms. The van der Waals surface area contributed by atoms with Crippen LogP contribution < -0.4 is 0 Å². The van der Waals surface area contributed by atoms with Gasteiger partial charge in [-0.1, -0.05) is 0 Å². The number of carbonyl (C=O) groups excluding carboxylic acids is 1. The lowest BCUT2D eigenvalue weighted by atomic mass is 10.1. The van der Waals surface area contributed by atoms with Gasteiger partial charge in [0.15, 0.2) is 0 Å². The summed E-state index contributed by atoms with van der Waals surface area (Å²) in [6, 6.07) is 4.86. The largest absolute Gasteiger partial charge is 0.463 e. The molecule has 0 N–H and O–H groups in total. The molecule has 1 heterocycles. The number of benzene rings is 1. The van der Waals surface area contributed by atoms with Crippen molar-refractivity contribution in [3.63, 3.8) is 0 Å². The highest BCUT2D eigenvalue weighted by Crippen LogP contribution is 2.28. The molecule has 0 amide bonds. The fourth-order valence-corrected chi connectivity index (χ4v) is 2.26. The van der Waals surface area contributed by atoms with Gasteiger partial charge in [-0.15, -0.1) is 0 Å². The number of halogens is 1. The Morgan fingerprint density at radius 2 is 2.18 bits per heavy atom. The van der Waals surface area contributed by atoms with Crippen LogP contribution in [0.1, 0.15) is 16.1 Å². The second-order valence-corrected chi connectivity index (χ2v) is 5.19. The highest BCUT2D eigenvalue weighted by molar-refractivity contribution is 8.08. The molecule has 17 heavy (non-hydrogen) atoms. The fourth-order valence-electron chi connectivity index (χ4n) is 1.59. The summed E-state index contributed by atoms with van der Waals surface area (Å²) in [4.78, 5) is 11.9. The van der Waals surface area contributed by atoms with Crippen molar-refractivity contribution >= 4 is 37.6 Å². The van der Waals surface area contributed by atoms with Crippen LogP contribution in [-0.4, -0.2) is 17.3 Å². The van der Waals surface area contributed by atoms with Gasteiger partial charge in [-0.3, -0.25) is 0 Å². The SMILES string of the molecule is COC(=O)c1oc2ccc(S(=O)Cl)cc2c1C. The number of furan rings is 1. The monoisotopic (exact) mass is 272 g/mol. The van der Waals surface area contributed by atoms with Crippen LogP contribution in [0.15, 0.2) is 27.5 Å². The van der Waals surface area contributed by atoms with Crippen LogP contribution in [0, 0.1) is 6.92 Å². The molecule has 0 fully saturated rings. The van der Waals surface area contributed by atoms with Crippen molar-refractivity contribution in [3.05, 3.63) is 29.5 Å². The van der Waals surface area contributed by atoms with Crippen molar-refractivity contribution < 1.29 is 18.2 Å². The van der Waals surface area contributed by atoms with Gasteiger partial charge in [0.05, 0.1) is 12.0 Å². The van der Waals surface area contributed by atoms with E-state index in [9.17, 15) is 9.00 Å². The Balaban J connectivity index is 2.66. The van der Waals surface area contributed by atoms with Crippen molar-refractivity contribution in [2.24, 2.45) is 0 Å². The van der Waals surface area contributed by atoms with E-state index in [0.29, 0.717) is 21.4 Å². The maximum Gasteiger partial charge on any atom is 0.374 e. The maximum absolute atomic E-state index is 11.4. The van der Waals surface area contributed by atoms with Gasteiger partial charge in [0.1, 0.15) is 15.6 Å². The second kappa shape index (κ2) is 4.50. The summed E-state index contributed by atoms with van der Waals surface area (Å²) >= 11 is 0. The quantitative estimate of drug-likeness (QED) is 0.623. The van der Waals surface area contributed by atoms with Gasteiger partial charge in [-0.05, 0) is 35.8 Å². The number of hydrogen-bond acceptors (Lipinski definition) is 4. The zero-order chi connectivity index (χ0) is 12.6. The normalized spacial score (nSPS) is 12.6. The van der Waals surface area contributed by atoms with E-state index in [1.54, 1.807) is 25.1 Å². The van der Waals surface area contributed by atoms with Crippen LogP contribution in [0.5, 0.6) is 0 Å². The molecule has 1 atom stereocenters. The van der Waals surface area contributed by atoms with Crippen LogP contribution >= 0.6 is 10.7 Å². The molecule has 1 unspecified atom stereocenters. The van der Waals surface area contributed by atoms with Crippen molar-refractivity contribution in [1.29, 1.82) is 0 Å². The number of ether oxygens (including phenoxy) is 1. The minimum atomic E-state index is -1.58. The molecule has 2 rings (SSSR count). The van der Waals surface area contributed by atoms with Crippen molar-refractivity contribution in [2.45, 2.75) is 11.8 Å². The number of carbonyl (C=O) groups is 1. The number of fused-ring (bicyclic) bond motifs is 1. The minimum Gasteiger partial charge on any atom is -0.463 e. The van der Waals surface area contributed by atoms with E-state index < -0.39 is 16.0 Å². The molecular formula is C11H9ClO4S. The number of aryl methyl sites for hydroxylation is 1. The molecule has 0 spiro atoms. The third-order valence-electron chi connectivity index (χ3n) is 2.46. The van der Waals surface area contributed by atoms with Gasteiger partial charge >= 0.3 is 5.97 Å². The summed E-state index contributed by atoms with van der Waals surface area (Å²) < 4.78 is 21.1. The summed E-state index contributed by atoms with van der Waals surface area (Å²) in [6.07, 6.45) is 0. The molecule has 1 aromatic carbocycles. The lowest BCUT2D eigenvalue weighted by Gasteiger charge is -1.95. The Morgan fingerprint density at radius 3 is 2.76 bits per heavy atom. The Hall–Kier alpha value is -1.33. The maximum atomic E-state index is 11.4. The average molecular weight is 273 g/mol. The van der Waals surface area contributed by atoms with E-state index in [0.717, 1.165) is 0 Å². The van der Waals surface area contributed by atoms with E-state index in [2.05, 4.69) is 4.74 Å². The molecule has 0 saturated heterocycles. The van der Waals surface area contributed by atoms with Gasteiger partial charge in [0.25, 0.3) is 0 Å². The molecule has 90 valence electrons. The lowest BCUT2D eigenvalue weighted by Crippen LogP contribution is -2.00. The summed E-state index contributed by atoms with van der Waals surface area (Å²) in [5.41, 5.74) is 1.18. The Bertz CT molecular complexity index is 617. The van der Waals surface area contributed by atoms with E-state index >= 15 is 0 Å². The zero-order valence-corrected chi connectivity index (χ0v) is 10.7. The van der Waals surface area contributed by atoms with Crippen molar-refractivity contribution in [1.82, 2.24) is 0 Å². The molecule has 0 aliphatic carbocycles. The molecule has 2 aromatic rings. The smallest absolute Gasteiger partial charge is 0.374 e. The van der Waals surface area contributed by atoms with E-state index in [4.69, 9.17) is 15.1 Å². The van der Waals surface area contributed by atoms with Crippen molar-refractivity contribution in [3.8, 4) is 0 Å². The van der Waals surface area contributed by atoms with Crippen LogP contribution in [0.4, 0.5) is 0 Å².